The number of hydrogen-bond donors (Lipinski definition) is 3. The quantitative estimate of drug-likeness (QED) is 0.804. The Hall–Kier alpha value is -2.96. The van der Waals surface area contributed by atoms with Gasteiger partial charge in [-0.1, -0.05) is 0 Å². The molecule has 0 saturated heterocycles. The molecule has 1 aliphatic heterocycles. The third-order valence-corrected chi connectivity index (χ3v) is 2.88. The van der Waals surface area contributed by atoms with E-state index in [2.05, 4.69) is 16.0 Å². The van der Waals surface area contributed by atoms with E-state index in [0.29, 0.717) is 29.4 Å². The molecule has 21 heavy (non-hydrogen) atoms. The van der Waals surface area contributed by atoms with Gasteiger partial charge < -0.3 is 25.1 Å². The summed E-state index contributed by atoms with van der Waals surface area (Å²) in [6.07, 6.45) is 1.55. The van der Waals surface area contributed by atoms with Gasteiger partial charge in [0.05, 0.1) is 18.5 Å². The summed E-state index contributed by atoms with van der Waals surface area (Å²) in [7, 11) is 0. The third kappa shape index (κ3) is 3.14. The third-order valence-electron chi connectivity index (χ3n) is 2.88. The van der Waals surface area contributed by atoms with E-state index < -0.39 is 0 Å². The Morgan fingerprint density at radius 2 is 2.24 bits per heavy atom. The highest BCUT2D eigenvalue weighted by Crippen LogP contribution is 2.30. The van der Waals surface area contributed by atoms with Gasteiger partial charge in [0.1, 0.15) is 11.5 Å². The molecule has 1 aromatic carbocycles. The van der Waals surface area contributed by atoms with Gasteiger partial charge in [-0.05, 0) is 24.3 Å². The predicted octanol–water partition coefficient (Wildman–Crippen LogP) is 1.93. The molecule has 0 radical (unpaired) electrons. The molecule has 0 saturated carbocycles. The highest BCUT2D eigenvalue weighted by molar-refractivity contribution is 5.96. The normalized spacial score (nSPS) is 12.9. The Balaban J connectivity index is 1.60. The van der Waals surface area contributed by atoms with Gasteiger partial charge in [-0.3, -0.25) is 4.79 Å². The van der Waals surface area contributed by atoms with Gasteiger partial charge >= 0.3 is 6.03 Å². The number of hydrogen-bond acceptors (Lipinski definition) is 4. The first-order valence-corrected chi connectivity index (χ1v) is 6.34. The number of amides is 3. The summed E-state index contributed by atoms with van der Waals surface area (Å²) in [5.74, 6) is 1.000. The van der Waals surface area contributed by atoms with E-state index >= 15 is 0 Å². The van der Waals surface area contributed by atoms with Crippen molar-refractivity contribution < 1.29 is 18.7 Å². The van der Waals surface area contributed by atoms with Gasteiger partial charge in [-0.15, -0.1) is 0 Å². The van der Waals surface area contributed by atoms with Crippen LogP contribution in [0.2, 0.25) is 0 Å². The van der Waals surface area contributed by atoms with Crippen LogP contribution in [0.3, 0.4) is 0 Å². The molecule has 7 heteroatoms. The van der Waals surface area contributed by atoms with E-state index in [0.717, 1.165) is 0 Å². The van der Waals surface area contributed by atoms with Crippen molar-refractivity contribution in [3.63, 3.8) is 0 Å². The molecule has 0 atom stereocenters. The Morgan fingerprint density at radius 1 is 1.33 bits per heavy atom. The topological polar surface area (TPSA) is 92.6 Å². The van der Waals surface area contributed by atoms with Gasteiger partial charge in [0.25, 0.3) is 5.91 Å². The lowest BCUT2D eigenvalue weighted by atomic mass is 10.2. The van der Waals surface area contributed by atoms with Crippen LogP contribution in [0.1, 0.15) is 5.76 Å². The average Bonchev–Trinajstić information content (AvgIpc) is 2.99. The van der Waals surface area contributed by atoms with Crippen LogP contribution < -0.4 is 20.7 Å². The van der Waals surface area contributed by atoms with Crippen LogP contribution in [-0.4, -0.2) is 18.5 Å². The van der Waals surface area contributed by atoms with E-state index in [-0.39, 0.29) is 18.5 Å². The van der Waals surface area contributed by atoms with Gasteiger partial charge in [0.2, 0.25) is 0 Å². The van der Waals surface area contributed by atoms with Crippen molar-refractivity contribution in [2.75, 3.05) is 17.2 Å². The molecule has 2 heterocycles. The number of benzene rings is 1. The predicted molar refractivity (Wildman–Crippen MR) is 75.1 cm³/mol. The number of ether oxygens (including phenoxy) is 1. The summed E-state index contributed by atoms with van der Waals surface area (Å²) >= 11 is 0. The highest BCUT2D eigenvalue weighted by Gasteiger charge is 2.16. The van der Waals surface area contributed by atoms with E-state index in [1.807, 2.05) is 0 Å². The fourth-order valence-corrected chi connectivity index (χ4v) is 1.91. The number of urea groups is 1. The fourth-order valence-electron chi connectivity index (χ4n) is 1.91. The van der Waals surface area contributed by atoms with Crippen LogP contribution in [0.4, 0.5) is 16.2 Å². The first kappa shape index (κ1) is 13.0. The number of anilines is 2. The van der Waals surface area contributed by atoms with Gasteiger partial charge in [-0.2, -0.15) is 0 Å². The minimum absolute atomic E-state index is 0.0266. The molecule has 3 rings (SSSR count). The van der Waals surface area contributed by atoms with Crippen LogP contribution in [0.25, 0.3) is 0 Å². The monoisotopic (exact) mass is 287 g/mol. The zero-order valence-corrected chi connectivity index (χ0v) is 11.0. The number of carbonyl (C=O) groups is 2. The van der Waals surface area contributed by atoms with Gasteiger partial charge in [0.15, 0.2) is 6.61 Å². The number of nitrogens with one attached hydrogen (secondary N) is 3. The van der Waals surface area contributed by atoms with E-state index in [1.165, 1.54) is 0 Å². The average molecular weight is 287 g/mol. The van der Waals surface area contributed by atoms with Crippen molar-refractivity contribution in [3.05, 3.63) is 42.4 Å². The zero-order chi connectivity index (χ0) is 14.7. The number of carbonyl (C=O) groups excluding carboxylic acids is 2. The van der Waals surface area contributed by atoms with E-state index in [1.54, 1.807) is 36.6 Å². The molecule has 0 aliphatic carbocycles. The van der Waals surface area contributed by atoms with Gasteiger partial charge in [-0.25, -0.2) is 4.79 Å². The maximum Gasteiger partial charge on any atom is 0.319 e. The Labute approximate surface area is 120 Å². The van der Waals surface area contributed by atoms with E-state index in [9.17, 15) is 9.59 Å². The summed E-state index contributed by atoms with van der Waals surface area (Å²) in [4.78, 5) is 22.9. The molecule has 1 aromatic heterocycles. The lowest BCUT2D eigenvalue weighted by Crippen LogP contribution is -2.28. The summed E-state index contributed by atoms with van der Waals surface area (Å²) in [5.41, 5.74) is 1.16. The molecule has 1 aliphatic rings. The highest BCUT2D eigenvalue weighted by atomic mass is 16.5. The Bertz CT molecular complexity index is 667. The fraction of sp³-hybridized carbons (Fsp3) is 0.143. The van der Waals surface area contributed by atoms with Gasteiger partial charge in [0, 0.05) is 11.8 Å². The van der Waals surface area contributed by atoms with Crippen molar-refractivity contribution in [2.45, 2.75) is 6.54 Å². The molecule has 108 valence electrons. The molecule has 2 aromatic rings. The summed E-state index contributed by atoms with van der Waals surface area (Å²) in [6, 6.07) is 8.18. The lowest BCUT2D eigenvalue weighted by molar-refractivity contribution is -0.118. The van der Waals surface area contributed by atoms with Crippen LogP contribution in [0.5, 0.6) is 5.75 Å². The first-order chi connectivity index (χ1) is 10.2. The molecule has 0 bridgehead atoms. The van der Waals surface area contributed by atoms with Crippen molar-refractivity contribution in [3.8, 4) is 5.75 Å². The van der Waals surface area contributed by atoms with Crippen molar-refractivity contribution >= 4 is 23.3 Å². The molecule has 0 unspecified atom stereocenters. The van der Waals surface area contributed by atoms with Crippen LogP contribution >= 0.6 is 0 Å². The number of furan rings is 1. The Kier molecular flexibility index (Phi) is 3.46. The van der Waals surface area contributed by atoms with Crippen LogP contribution in [0, 0.1) is 0 Å². The maximum absolute atomic E-state index is 11.8. The first-order valence-electron chi connectivity index (χ1n) is 6.34. The molecular formula is C14H13N3O4. The molecule has 0 fully saturated rings. The molecule has 7 nitrogen and oxygen atoms in total. The molecular weight excluding hydrogens is 274 g/mol. The second-order valence-electron chi connectivity index (χ2n) is 4.43. The van der Waals surface area contributed by atoms with Crippen LogP contribution in [0.15, 0.2) is 41.0 Å². The largest absolute Gasteiger partial charge is 0.482 e. The molecule has 3 N–H and O–H groups in total. The SMILES string of the molecule is O=C1COc2cc(NC(=O)NCc3ccco3)ccc2N1. The lowest BCUT2D eigenvalue weighted by Gasteiger charge is -2.18. The summed E-state index contributed by atoms with van der Waals surface area (Å²) in [5, 5.41) is 8.03. The maximum atomic E-state index is 11.8. The molecule has 0 spiro atoms. The second kappa shape index (κ2) is 5.58. The standard InChI is InChI=1S/C14H13N3O4/c18-13-8-21-12-6-9(3-4-11(12)17-13)16-14(19)15-7-10-2-1-5-20-10/h1-6H,7-8H2,(H,17,18)(H2,15,16,19). The Morgan fingerprint density at radius 3 is 3.05 bits per heavy atom. The molecule has 3 amide bonds. The van der Waals surface area contributed by atoms with Crippen molar-refractivity contribution in [1.82, 2.24) is 5.32 Å². The minimum Gasteiger partial charge on any atom is -0.482 e. The van der Waals surface area contributed by atoms with Crippen molar-refractivity contribution in [1.29, 1.82) is 0 Å². The minimum atomic E-state index is -0.355. The second-order valence-corrected chi connectivity index (χ2v) is 4.43. The summed E-state index contributed by atoms with van der Waals surface area (Å²) < 4.78 is 10.4. The summed E-state index contributed by atoms with van der Waals surface area (Å²) in [6.45, 7) is 0.275. The number of fused-ring (bicyclic) bond motifs is 1. The smallest absolute Gasteiger partial charge is 0.319 e. The zero-order valence-electron chi connectivity index (χ0n) is 11.0. The number of rotatable bonds is 3. The van der Waals surface area contributed by atoms with Crippen molar-refractivity contribution in [2.24, 2.45) is 0 Å². The van der Waals surface area contributed by atoms with E-state index in [4.69, 9.17) is 9.15 Å². The van der Waals surface area contributed by atoms with Crippen LogP contribution in [-0.2, 0) is 11.3 Å².